The summed E-state index contributed by atoms with van der Waals surface area (Å²) < 4.78 is 15.8. The standard InChI is InChI=1S/C18H19FN6O/c1-11-8-25-10-13(3-15(19)17(25)23-11)16-21-6-14(7-22-16)18(26)24(2)9-12-4-20-5-12/h3,6-8,10,12,20H,4-5,9H2,1-2H3. The molecule has 1 N–H and O–H groups in total. The van der Waals surface area contributed by atoms with E-state index in [1.165, 1.54) is 18.5 Å². The first-order valence-electron chi connectivity index (χ1n) is 8.44. The van der Waals surface area contributed by atoms with Crippen LogP contribution in [0.3, 0.4) is 0 Å². The third kappa shape index (κ3) is 3.03. The van der Waals surface area contributed by atoms with Crippen LogP contribution in [-0.4, -0.2) is 56.8 Å². The van der Waals surface area contributed by atoms with E-state index in [0.717, 1.165) is 18.8 Å². The Hall–Kier alpha value is -2.87. The summed E-state index contributed by atoms with van der Waals surface area (Å²) in [6.07, 6.45) is 6.44. The summed E-state index contributed by atoms with van der Waals surface area (Å²) in [5.74, 6) is 0.306. The maximum atomic E-state index is 14.2. The van der Waals surface area contributed by atoms with Crippen LogP contribution in [0.15, 0.2) is 30.9 Å². The molecule has 0 unspecified atom stereocenters. The molecule has 3 aromatic heterocycles. The van der Waals surface area contributed by atoms with Gasteiger partial charge in [0.05, 0.1) is 11.3 Å². The third-order valence-corrected chi connectivity index (χ3v) is 4.53. The third-order valence-electron chi connectivity index (χ3n) is 4.53. The average molecular weight is 354 g/mol. The molecule has 1 saturated heterocycles. The topological polar surface area (TPSA) is 75.4 Å². The van der Waals surface area contributed by atoms with Gasteiger partial charge in [0, 0.05) is 63.0 Å². The molecule has 1 fully saturated rings. The second-order valence-electron chi connectivity index (χ2n) is 6.70. The Labute approximate surface area is 149 Å². The molecular formula is C18H19FN6O. The smallest absolute Gasteiger partial charge is 0.256 e. The Morgan fingerprint density at radius 3 is 2.73 bits per heavy atom. The quantitative estimate of drug-likeness (QED) is 0.769. The molecule has 1 aliphatic rings. The fourth-order valence-corrected chi connectivity index (χ4v) is 3.06. The van der Waals surface area contributed by atoms with E-state index in [0.29, 0.717) is 29.4 Å². The Bertz CT molecular complexity index is 964. The van der Waals surface area contributed by atoms with Crippen molar-refractivity contribution in [2.75, 3.05) is 26.7 Å². The van der Waals surface area contributed by atoms with Gasteiger partial charge in [0.1, 0.15) is 0 Å². The number of carbonyl (C=O) groups excluding carboxylic acids is 1. The number of nitrogens with zero attached hydrogens (tertiary/aromatic N) is 5. The first-order valence-corrected chi connectivity index (χ1v) is 8.44. The summed E-state index contributed by atoms with van der Waals surface area (Å²) in [5.41, 5.74) is 1.95. The molecule has 1 aliphatic heterocycles. The van der Waals surface area contributed by atoms with Crippen molar-refractivity contribution in [1.29, 1.82) is 0 Å². The molecule has 4 heterocycles. The van der Waals surface area contributed by atoms with Crippen molar-refractivity contribution in [3.8, 4) is 11.4 Å². The van der Waals surface area contributed by atoms with E-state index in [1.807, 2.05) is 0 Å². The van der Waals surface area contributed by atoms with Crippen molar-refractivity contribution in [3.05, 3.63) is 47.9 Å². The fraction of sp³-hybridized carbons (Fsp3) is 0.333. The minimum atomic E-state index is -0.437. The number of carbonyl (C=O) groups is 1. The highest BCUT2D eigenvalue weighted by atomic mass is 19.1. The second kappa shape index (κ2) is 6.45. The Morgan fingerprint density at radius 2 is 2.08 bits per heavy atom. The molecule has 0 aliphatic carbocycles. The van der Waals surface area contributed by atoms with Crippen LogP contribution in [0, 0.1) is 18.7 Å². The Balaban J connectivity index is 1.56. The summed E-state index contributed by atoms with van der Waals surface area (Å²) >= 11 is 0. The number of halogens is 1. The Morgan fingerprint density at radius 1 is 1.35 bits per heavy atom. The molecule has 8 heteroatoms. The van der Waals surface area contributed by atoms with Crippen molar-refractivity contribution in [1.82, 2.24) is 29.6 Å². The number of hydrogen-bond acceptors (Lipinski definition) is 5. The molecule has 26 heavy (non-hydrogen) atoms. The predicted molar refractivity (Wildman–Crippen MR) is 94.2 cm³/mol. The SMILES string of the molecule is Cc1cn2cc(-c3ncc(C(=O)N(C)CC4CNC4)cn3)cc(F)c2n1. The number of rotatable bonds is 4. The number of pyridine rings is 1. The first-order chi connectivity index (χ1) is 12.5. The molecule has 0 radical (unpaired) electrons. The van der Waals surface area contributed by atoms with Crippen molar-refractivity contribution in [2.24, 2.45) is 5.92 Å². The van der Waals surface area contributed by atoms with Gasteiger partial charge in [-0.2, -0.15) is 0 Å². The summed E-state index contributed by atoms with van der Waals surface area (Å²) in [4.78, 5) is 26.8. The van der Waals surface area contributed by atoms with Crippen molar-refractivity contribution < 1.29 is 9.18 Å². The monoisotopic (exact) mass is 354 g/mol. The van der Waals surface area contributed by atoms with E-state index in [9.17, 15) is 9.18 Å². The molecule has 134 valence electrons. The van der Waals surface area contributed by atoms with Crippen molar-refractivity contribution >= 4 is 11.6 Å². The zero-order chi connectivity index (χ0) is 18.3. The predicted octanol–water partition coefficient (Wildman–Crippen LogP) is 1.53. The van der Waals surface area contributed by atoms with E-state index in [-0.39, 0.29) is 11.6 Å². The van der Waals surface area contributed by atoms with E-state index < -0.39 is 5.82 Å². The number of fused-ring (bicyclic) bond motifs is 1. The summed E-state index contributed by atoms with van der Waals surface area (Å²) in [6, 6.07) is 1.36. The molecule has 4 rings (SSSR count). The number of amides is 1. The van der Waals surface area contributed by atoms with Gasteiger partial charge in [0.15, 0.2) is 17.3 Å². The van der Waals surface area contributed by atoms with Gasteiger partial charge in [-0.15, -0.1) is 0 Å². The normalized spacial score (nSPS) is 14.4. The van der Waals surface area contributed by atoms with Crippen LogP contribution >= 0.6 is 0 Å². The van der Waals surface area contributed by atoms with Crippen LogP contribution in [0.1, 0.15) is 16.1 Å². The number of hydrogen-bond donors (Lipinski definition) is 1. The molecule has 0 atom stereocenters. The van der Waals surface area contributed by atoms with E-state index >= 15 is 0 Å². The second-order valence-corrected chi connectivity index (χ2v) is 6.70. The molecular weight excluding hydrogens is 335 g/mol. The molecule has 3 aromatic rings. The maximum Gasteiger partial charge on any atom is 0.256 e. The summed E-state index contributed by atoms with van der Waals surface area (Å²) in [6.45, 7) is 4.39. The van der Waals surface area contributed by atoms with E-state index in [1.54, 1.807) is 35.7 Å². The molecule has 0 spiro atoms. The fourth-order valence-electron chi connectivity index (χ4n) is 3.06. The van der Waals surface area contributed by atoms with Gasteiger partial charge in [-0.25, -0.2) is 19.3 Å². The maximum absolute atomic E-state index is 14.2. The zero-order valence-corrected chi connectivity index (χ0v) is 14.6. The van der Waals surface area contributed by atoms with Crippen molar-refractivity contribution in [2.45, 2.75) is 6.92 Å². The minimum absolute atomic E-state index is 0.115. The van der Waals surface area contributed by atoms with Gasteiger partial charge in [0.25, 0.3) is 5.91 Å². The van der Waals surface area contributed by atoms with Gasteiger partial charge in [0.2, 0.25) is 0 Å². The first kappa shape index (κ1) is 16.6. The number of aryl methyl sites for hydroxylation is 1. The van der Waals surface area contributed by atoms with Crippen LogP contribution in [0.25, 0.3) is 17.0 Å². The van der Waals surface area contributed by atoms with Gasteiger partial charge in [-0.3, -0.25) is 4.79 Å². The van der Waals surface area contributed by atoms with Gasteiger partial charge in [-0.05, 0) is 13.0 Å². The highest BCUT2D eigenvalue weighted by Crippen LogP contribution is 2.19. The van der Waals surface area contributed by atoms with Crippen molar-refractivity contribution in [3.63, 3.8) is 0 Å². The van der Waals surface area contributed by atoms with Crippen LogP contribution in [0.5, 0.6) is 0 Å². The molecule has 7 nitrogen and oxygen atoms in total. The lowest BCUT2D eigenvalue weighted by Crippen LogP contribution is -2.48. The molecule has 0 saturated carbocycles. The summed E-state index contributed by atoms with van der Waals surface area (Å²) in [7, 11) is 1.78. The van der Waals surface area contributed by atoms with Crippen LogP contribution in [0.4, 0.5) is 4.39 Å². The molecule has 0 aromatic carbocycles. The van der Waals surface area contributed by atoms with Gasteiger partial charge < -0.3 is 14.6 Å². The van der Waals surface area contributed by atoms with Crippen LogP contribution in [0.2, 0.25) is 0 Å². The zero-order valence-electron chi connectivity index (χ0n) is 14.6. The van der Waals surface area contributed by atoms with Gasteiger partial charge >= 0.3 is 0 Å². The van der Waals surface area contributed by atoms with E-state index in [2.05, 4.69) is 20.3 Å². The Kier molecular flexibility index (Phi) is 4.12. The summed E-state index contributed by atoms with van der Waals surface area (Å²) in [5, 5.41) is 3.19. The number of imidazole rings is 1. The molecule has 0 bridgehead atoms. The minimum Gasteiger partial charge on any atom is -0.341 e. The lowest BCUT2D eigenvalue weighted by Gasteiger charge is -2.31. The largest absolute Gasteiger partial charge is 0.341 e. The number of aromatic nitrogens is 4. The lowest BCUT2D eigenvalue weighted by molar-refractivity contribution is 0.0755. The average Bonchev–Trinajstić information content (AvgIpc) is 2.98. The lowest BCUT2D eigenvalue weighted by atomic mass is 10.0. The van der Waals surface area contributed by atoms with Crippen LogP contribution in [-0.2, 0) is 0 Å². The van der Waals surface area contributed by atoms with Crippen LogP contribution < -0.4 is 5.32 Å². The highest BCUT2D eigenvalue weighted by molar-refractivity contribution is 5.93. The van der Waals surface area contributed by atoms with E-state index in [4.69, 9.17) is 0 Å². The highest BCUT2D eigenvalue weighted by Gasteiger charge is 2.22. The molecule has 1 amide bonds. The van der Waals surface area contributed by atoms with Gasteiger partial charge in [-0.1, -0.05) is 0 Å². The number of nitrogens with one attached hydrogen (secondary N) is 1.